The number of aromatic nitrogens is 1. The molecule has 3 amide bonds. The first kappa shape index (κ1) is 31.9. The van der Waals surface area contributed by atoms with Crippen LogP contribution < -0.4 is 15.5 Å². The van der Waals surface area contributed by atoms with Crippen molar-refractivity contribution in [2.45, 2.75) is 32.2 Å². The molecule has 0 radical (unpaired) electrons. The third-order valence-electron chi connectivity index (χ3n) is 7.49. The zero-order chi connectivity index (χ0) is 32.8. The van der Waals surface area contributed by atoms with E-state index < -0.39 is 41.8 Å². The van der Waals surface area contributed by atoms with E-state index in [2.05, 4.69) is 15.1 Å². The van der Waals surface area contributed by atoms with E-state index in [4.69, 9.17) is 4.74 Å². The summed E-state index contributed by atoms with van der Waals surface area (Å²) in [5.41, 5.74) is 4.78. The summed E-state index contributed by atoms with van der Waals surface area (Å²) in [5.74, 6) is -5.39. The molecule has 1 saturated heterocycles. The maximum absolute atomic E-state index is 13.2. The van der Waals surface area contributed by atoms with Gasteiger partial charge < -0.3 is 19.8 Å². The largest absolute Gasteiger partial charge is 0.493 e. The number of hydrogen-bond acceptors (Lipinski definition) is 7. The number of amides is 3. The van der Waals surface area contributed by atoms with Crippen molar-refractivity contribution in [3.63, 3.8) is 0 Å². The van der Waals surface area contributed by atoms with Gasteiger partial charge in [-0.05, 0) is 61.9 Å². The van der Waals surface area contributed by atoms with Crippen LogP contribution in [0.15, 0.2) is 84.9 Å². The number of fused-ring (bicyclic) bond motifs is 1. The molecule has 2 heterocycles. The number of hydroxylamine groups is 1. The van der Waals surface area contributed by atoms with Gasteiger partial charge in [0.2, 0.25) is 0 Å². The van der Waals surface area contributed by atoms with Gasteiger partial charge in [-0.1, -0.05) is 36.4 Å². The minimum Gasteiger partial charge on any atom is -0.489 e. The Morgan fingerprint density at radius 2 is 1.63 bits per heavy atom. The van der Waals surface area contributed by atoms with Gasteiger partial charge in [0.05, 0.1) is 11.4 Å². The number of benzene rings is 3. The maximum atomic E-state index is 13.2. The second kappa shape index (κ2) is 13.7. The average Bonchev–Trinajstić information content (AvgIpc) is 3.05. The lowest BCUT2D eigenvalue weighted by atomic mass is 9.90. The van der Waals surface area contributed by atoms with Crippen molar-refractivity contribution in [1.29, 1.82) is 0 Å². The van der Waals surface area contributed by atoms with Crippen LogP contribution in [0.3, 0.4) is 0 Å². The monoisotopic (exact) mass is 634 g/mol. The molecule has 1 fully saturated rings. The number of alkyl halides is 3. The second-order valence-corrected chi connectivity index (χ2v) is 10.7. The van der Waals surface area contributed by atoms with Crippen LogP contribution in [-0.2, 0) is 21.0 Å². The summed E-state index contributed by atoms with van der Waals surface area (Å²) in [4.78, 5) is 60.1. The van der Waals surface area contributed by atoms with Gasteiger partial charge in [0, 0.05) is 46.9 Å². The van der Waals surface area contributed by atoms with Gasteiger partial charge in [0.1, 0.15) is 12.4 Å². The van der Waals surface area contributed by atoms with Gasteiger partial charge in [-0.3, -0.25) is 19.4 Å². The normalized spacial score (nSPS) is 16.4. The molecule has 238 valence electrons. The van der Waals surface area contributed by atoms with Crippen molar-refractivity contribution in [2.24, 2.45) is 5.92 Å². The molecule has 13 heteroatoms. The van der Waals surface area contributed by atoms with Crippen LogP contribution in [0.5, 0.6) is 5.75 Å². The molecular weight excluding hydrogens is 605 g/mol. The Morgan fingerprint density at radius 1 is 0.935 bits per heavy atom. The molecule has 2 N–H and O–H groups in total. The zero-order valence-electron chi connectivity index (χ0n) is 24.5. The highest BCUT2D eigenvalue weighted by atomic mass is 19.4. The fourth-order valence-electron chi connectivity index (χ4n) is 5.20. The molecule has 0 bridgehead atoms. The van der Waals surface area contributed by atoms with Crippen LogP contribution in [0, 0.1) is 12.8 Å². The highest BCUT2D eigenvalue weighted by Crippen LogP contribution is 2.24. The lowest BCUT2D eigenvalue weighted by molar-refractivity contribution is -0.208. The van der Waals surface area contributed by atoms with E-state index in [1.54, 1.807) is 42.5 Å². The smallest absolute Gasteiger partial charge is 0.489 e. The number of carbonyl (C=O) groups is 4. The number of nitrogens with one attached hydrogen (secondary N) is 2. The molecule has 5 rings (SSSR count). The number of aryl methyl sites for hydroxylation is 1. The number of rotatable bonds is 7. The molecule has 46 heavy (non-hydrogen) atoms. The Bertz CT molecular complexity index is 1750. The number of ether oxygens (including phenoxy) is 1. The van der Waals surface area contributed by atoms with Gasteiger partial charge in [0.15, 0.2) is 0 Å². The topological polar surface area (TPSA) is 127 Å². The van der Waals surface area contributed by atoms with Gasteiger partial charge in [-0.25, -0.2) is 4.79 Å². The standard InChI is InChI=1S/C33H29F3N4O6/c1-20-17-23(25-9-5-6-10-27(25)37-20)19-45-24-13-11-21(12-14-24)29(41)38-28-15-16-40(31(43)22-7-3-2-4-8-22)18-26(28)30(42)39-46-32(44)33(34,35)36/h2-14,17,26,28H,15-16,18-19H2,1H3,(H,38,41)(H,39,42)/t26-,28+/m0/s1. The average molecular weight is 635 g/mol. The van der Waals surface area contributed by atoms with Crippen LogP contribution in [0.4, 0.5) is 13.2 Å². The molecule has 2 atom stereocenters. The molecule has 1 aliphatic rings. The summed E-state index contributed by atoms with van der Waals surface area (Å²) < 4.78 is 43.8. The Kier molecular flexibility index (Phi) is 9.50. The van der Waals surface area contributed by atoms with E-state index in [9.17, 15) is 32.3 Å². The molecule has 3 aromatic carbocycles. The number of pyridine rings is 1. The van der Waals surface area contributed by atoms with Gasteiger partial charge in [-0.2, -0.15) is 18.7 Å². The Morgan fingerprint density at radius 3 is 2.35 bits per heavy atom. The third-order valence-corrected chi connectivity index (χ3v) is 7.49. The molecule has 0 aliphatic carbocycles. The summed E-state index contributed by atoms with van der Waals surface area (Å²) in [6, 6.07) is 23.3. The first-order chi connectivity index (χ1) is 22.0. The van der Waals surface area contributed by atoms with Crippen molar-refractivity contribution in [3.8, 4) is 5.75 Å². The number of likely N-dealkylation sites (tertiary alicyclic amines) is 1. The van der Waals surface area contributed by atoms with E-state index in [-0.39, 0.29) is 31.7 Å². The third kappa shape index (κ3) is 7.60. The van der Waals surface area contributed by atoms with E-state index in [1.165, 1.54) is 22.5 Å². The zero-order valence-corrected chi connectivity index (χ0v) is 24.5. The molecule has 10 nitrogen and oxygen atoms in total. The van der Waals surface area contributed by atoms with Crippen molar-refractivity contribution in [1.82, 2.24) is 20.7 Å². The number of halogens is 3. The van der Waals surface area contributed by atoms with E-state index in [1.807, 2.05) is 37.3 Å². The van der Waals surface area contributed by atoms with E-state index in [0.717, 1.165) is 22.2 Å². The van der Waals surface area contributed by atoms with Crippen molar-refractivity contribution in [3.05, 3.63) is 107 Å². The number of carbonyl (C=O) groups excluding carboxylic acids is 4. The Balaban J connectivity index is 1.25. The predicted molar refractivity (Wildman–Crippen MR) is 159 cm³/mol. The van der Waals surface area contributed by atoms with Crippen molar-refractivity contribution >= 4 is 34.6 Å². The van der Waals surface area contributed by atoms with Crippen LogP contribution >= 0.6 is 0 Å². The molecule has 0 saturated carbocycles. The molecule has 0 spiro atoms. The second-order valence-electron chi connectivity index (χ2n) is 10.7. The lowest BCUT2D eigenvalue weighted by Crippen LogP contribution is -2.57. The van der Waals surface area contributed by atoms with Gasteiger partial charge >= 0.3 is 12.1 Å². The molecule has 4 aromatic rings. The van der Waals surface area contributed by atoms with Crippen LogP contribution in [-0.4, -0.2) is 58.9 Å². The minimum atomic E-state index is -5.33. The van der Waals surface area contributed by atoms with Crippen molar-refractivity contribution < 1.29 is 41.9 Å². The van der Waals surface area contributed by atoms with E-state index in [0.29, 0.717) is 11.3 Å². The number of para-hydroxylation sites is 1. The van der Waals surface area contributed by atoms with Gasteiger partial charge in [-0.15, -0.1) is 0 Å². The SMILES string of the molecule is Cc1cc(COc2ccc(C(=O)N[C@@H]3CCN(C(=O)c4ccccc4)C[C@@H]3C(=O)NOC(=O)C(F)(F)F)cc2)c2ccccc2n1. The minimum absolute atomic E-state index is 0.107. The van der Waals surface area contributed by atoms with Crippen molar-refractivity contribution in [2.75, 3.05) is 13.1 Å². The Labute approximate surface area is 261 Å². The van der Waals surface area contributed by atoms with Crippen LogP contribution in [0.1, 0.15) is 38.4 Å². The predicted octanol–water partition coefficient (Wildman–Crippen LogP) is 4.52. The first-order valence-corrected chi connectivity index (χ1v) is 14.3. The summed E-state index contributed by atoms with van der Waals surface area (Å²) in [6.07, 6.45) is -5.22. The summed E-state index contributed by atoms with van der Waals surface area (Å²) in [7, 11) is 0. The first-order valence-electron chi connectivity index (χ1n) is 14.3. The molecule has 0 unspecified atom stereocenters. The van der Waals surface area contributed by atoms with Crippen LogP contribution in [0.2, 0.25) is 0 Å². The summed E-state index contributed by atoms with van der Waals surface area (Å²) in [5, 5.41) is 3.70. The lowest BCUT2D eigenvalue weighted by Gasteiger charge is -2.38. The summed E-state index contributed by atoms with van der Waals surface area (Å²) >= 11 is 0. The number of piperidine rings is 1. The maximum Gasteiger partial charge on any atom is 0.493 e. The number of hydrogen-bond donors (Lipinski definition) is 2. The van der Waals surface area contributed by atoms with E-state index >= 15 is 0 Å². The number of nitrogens with zero attached hydrogens (tertiary/aromatic N) is 2. The van der Waals surface area contributed by atoms with Crippen LogP contribution in [0.25, 0.3) is 10.9 Å². The van der Waals surface area contributed by atoms with Gasteiger partial charge in [0.25, 0.3) is 17.7 Å². The molecular formula is C33H29F3N4O6. The molecule has 1 aromatic heterocycles. The Hall–Kier alpha value is -5.46. The fourth-order valence-corrected chi connectivity index (χ4v) is 5.20. The summed E-state index contributed by atoms with van der Waals surface area (Å²) in [6.45, 7) is 2.08. The highest BCUT2D eigenvalue weighted by Gasteiger charge is 2.43. The fraction of sp³-hybridized carbons (Fsp3) is 0.242. The highest BCUT2D eigenvalue weighted by molar-refractivity contribution is 5.96. The molecule has 1 aliphatic heterocycles. The quantitative estimate of drug-likeness (QED) is 0.286.